The molecule has 0 unspecified atom stereocenters. The average Bonchev–Trinajstić information content (AvgIpc) is 3.25. The van der Waals surface area contributed by atoms with E-state index in [0.717, 1.165) is 11.3 Å². The SMILES string of the molecule is CC(C)c1nc2c(F)cccc2c(OC(F)F)c1Cc1ccc(-n2cccn2)cc1. The van der Waals surface area contributed by atoms with Gasteiger partial charge in [0.15, 0.2) is 0 Å². The Balaban J connectivity index is 1.83. The van der Waals surface area contributed by atoms with Crippen LogP contribution in [0.25, 0.3) is 16.6 Å². The molecule has 2 heterocycles. The van der Waals surface area contributed by atoms with Gasteiger partial charge in [0.2, 0.25) is 0 Å². The molecule has 2 aromatic heterocycles. The third-order valence-electron chi connectivity index (χ3n) is 4.89. The van der Waals surface area contributed by atoms with Crippen LogP contribution in [0.2, 0.25) is 0 Å². The lowest BCUT2D eigenvalue weighted by Crippen LogP contribution is -2.11. The Morgan fingerprint density at radius 1 is 1.03 bits per heavy atom. The third kappa shape index (κ3) is 3.87. The second-order valence-corrected chi connectivity index (χ2v) is 7.27. The minimum atomic E-state index is -3.03. The van der Waals surface area contributed by atoms with Gasteiger partial charge in [-0.15, -0.1) is 0 Å². The first-order chi connectivity index (χ1) is 14.4. The molecule has 4 nitrogen and oxygen atoms in total. The van der Waals surface area contributed by atoms with Crippen molar-refractivity contribution in [3.63, 3.8) is 0 Å². The standard InChI is InChI=1S/C23H20F3N3O/c1-14(2)20-18(13-15-7-9-16(10-8-15)29-12-4-11-27-29)22(30-23(25)26)17-5-3-6-19(24)21(17)28-20/h3-12,14,23H,13H2,1-2H3. The van der Waals surface area contributed by atoms with E-state index >= 15 is 0 Å². The van der Waals surface area contributed by atoms with Gasteiger partial charge in [0.05, 0.1) is 11.4 Å². The van der Waals surface area contributed by atoms with Crippen molar-refractivity contribution in [2.24, 2.45) is 0 Å². The van der Waals surface area contributed by atoms with Gasteiger partial charge in [-0.25, -0.2) is 14.1 Å². The highest BCUT2D eigenvalue weighted by molar-refractivity contribution is 5.87. The molecule has 0 fully saturated rings. The molecular formula is C23H20F3N3O. The first-order valence-corrected chi connectivity index (χ1v) is 9.58. The zero-order valence-corrected chi connectivity index (χ0v) is 16.5. The van der Waals surface area contributed by atoms with Gasteiger partial charge in [0.1, 0.15) is 17.1 Å². The van der Waals surface area contributed by atoms with Crippen molar-refractivity contribution < 1.29 is 17.9 Å². The van der Waals surface area contributed by atoms with Gasteiger partial charge >= 0.3 is 6.61 Å². The zero-order chi connectivity index (χ0) is 21.3. The van der Waals surface area contributed by atoms with E-state index in [4.69, 9.17) is 4.74 Å². The van der Waals surface area contributed by atoms with Crippen LogP contribution in [0.1, 0.15) is 36.6 Å². The molecular weight excluding hydrogens is 391 g/mol. The number of rotatable bonds is 6. The molecule has 4 aromatic rings. The Bertz CT molecular complexity index is 1160. The topological polar surface area (TPSA) is 39.9 Å². The highest BCUT2D eigenvalue weighted by Gasteiger charge is 2.22. The number of nitrogens with zero attached hydrogens (tertiary/aromatic N) is 3. The van der Waals surface area contributed by atoms with Crippen LogP contribution in [0.3, 0.4) is 0 Å². The Morgan fingerprint density at radius 3 is 2.43 bits per heavy atom. The molecule has 0 aliphatic rings. The van der Waals surface area contributed by atoms with Gasteiger partial charge < -0.3 is 4.74 Å². The molecule has 0 spiro atoms. The maximum Gasteiger partial charge on any atom is 0.387 e. The molecule has 0 saturated carbocycles. The number of pyridine rings is 1. The maximum atomic E-state index is 14.4. The van der Waals surface area contributed by atoms with Gasteiger partial charge in [-0.3, -0.25) is 0 Å². The first-order valence-electron chi connectivity index (χ1n) is 9.58. The molecule has 0 bridgehead atoms. The van der Waals surface area contributed by atoms with Crippen LogP contribution < -0.4 is 4.74 Å². The van der Waals surface area contributed by atoms with Gasteiger partial charge in [0, 0.05) is 29.8 Å². The number of hydrogen-bond acceptors (Lipinski definition) is 3. The second-order valence-electron chi connectivity index (χ2n) is 7.27. The number of aromatic nitrogens is 3. The summed E-state index contributed by atoms with van der Waals surface area (Å²) >= 11 is 0. The van der Waals surface area contributed by atoms with Gasteiger partial charge in [0.25, 0.3) is 0 Å². The molecule has 7 heteroatoms. The van der Waals surface area contributed by atoms with E-state index in [9.17, 15) is 13.2 Å². The van der Waals surface area contributed by atoms with Crippen LogP contribution in [0.15, 0.2) is 60.9 Å². The first kappa shape index (κ1) is 19.9. The van der Waals surface area contributed by atoms with Crippen molar-refractivity contribution in [3.05, 3.63) is 83.6 Å². The summed E-state index contributed by atoms with van der Waals surface area (Å²) in [6.45, 7) is 0.761. The Kier molecular flexibility index (Phi) is 5.44. The number of fused-ring (bicyclic) bond motifs is 1. The third-order valence-corrected chi connectivity index (χ3v) is 4.89. The summed E-state index contributed by atoms with van der Waals surface area (Å²) < 4.78 is 47.5. The maximum absolute atomic E-state index is 14.4. The molecule has 0 amide bonds. The fraction of sp³-hybridized carbons (Fsp3) is 0.217. The summed E-state index contributed by atoms with van der Waals surface area (Å²) in [5.41, 5.74) is 2.89. The molecule has 30 heavy (non-hydrogen) atoms. The van der Waals surface area contributed by atoms with Crippen molar-refractivity contribution in [2.45, 2.75) is 32.8 Å². The highest BCUT2D eigenvalue weighted by Crippen LogP contribution is 2.37. The van der Waals surface area contributed by atoms with E-state index in [1.165, 1.54) is 12.1 Å². The predicted molar refractivity (Wildman–Crippen MR) is 109 cm³/mol. The van der Waals surface area contributed by atoms with E-state index in [1.807, 2.05) is 50.4 Å². The number of para-hydroxylation sites is 1. The van der Waals surface area contributed by atoms with Crippen LogP contribution in [0, 0.1) is 5.82 Å². The lowest BCUT2D eigenvalue weighted by molar-refractivity contribution is -0.0494. The fourth-order valence-electron chi connectivity index (χ4n) is 3.54. The molecule has 0 aliphatic heterocycles. The number of halogens is 3. The zero-order valence-electron chi connectivity index (χ0n) is 16.5. The molecule has 4 rings (SSSR count). The molecule has 154 valence electrons. The average molecular weight is 411 g/mol. The molecule has 0 aliphatic carbocycles. The number of ether oxygens (including phenoxy) is 1. The lowest BCUT2D eigenvalue weighted by atomic mass is 9.94. The Morgan fingerprint density at radius 2 is 1.80 bits per heavy atom. The predicted octanol–water partition coefficient (Wildman–Crippen LogP) is 5.88. The molecule has 0 radical (unpaired) electrons. The van der Waals surface area contributed by atoms with Crippen LogP contribution in [0.5, 0.6) is 5.75 Å². The van der Waals surface area contributed by atoms with E-state index < -0.39 is 12.4 Å². The smallest absolute Gasteiger partial charge is 0.387 e. The van der Waals surface area contributed by atoms with E-state index in [1.54, 1.807) is 16.9 Å². The Labute approximate surface area is 171 Å². The minimum Gasteiger partial charge on any atom is -0.434 e. The summed E-state index contributed by atoms with van der Waals surface area (Å²) in [5.74, 6) is -0.689. The van der Waals surface area contributed by atoms with Crippen LogP contribution >= 0.6 is 0 Å². The van der Waals surface area contributed by atoms with Crippen molar-refractivity contribution in [1.29, 1.82) is 0 Å². The van der Waals surface area contributed by atoms with Gasteiger partial charge in [-0.2, -0.15) is 13.9 Å². The van der Waals surface area contributed by atoms with Crippen LogP contribution in [-0.4, -0.2) is 21.4 Å². The summed E-state index contributed by atoms with van der Waals surface area (Å²) in [4.78, 5) is 4.48. The Hall–Kier alpha value is -3.35. The van der Waals surface area contributed by atoms with Crippen molar-refractivity contribution >= 4 is 10.9 Å². The lowest BCUT2D eigenvalue weighted by Gasteiger charge is -2.19. The van der Waals surface area contributed by atoms with Crippen LogP contribution in [0.4, 0.5) is 13.2 Å². The van der Waals surface area contributed by atoms with Crippen LogP contribution in [-0.2, 0) is 6.42 Å². The second kappa shape index (κ2) is 8.18. The number of hydrogen-bond donors (Lipinski definition) is 0. The summed E-state index contributed by atoms with van der Waals surface area (Å²) in [5, 5.41) is 4.43. The van der Waals surface area contributed by atoms with Crippen molar-refractivity contribution in [1.82, 2.24) is 14.8 Å². The molecule has 0 N–H and O–H groups in total. The summed E-state index contributed by atoms with van der Waals surface area (Å²) in [7, 11) is 0. The van der Waals surface area contributed by atoms with Gasteiger partial charge in [-0.1, -0.05) is 32.0 Å². The fourth-order valence-corrected chi connectivity index (χ4v) is 3.54. The number of alkyl halides is 2. The van der Waals surface area contributed by atoms with E-state index in [2.05, 4.69) is 10.1 Å². The largest absolute Gasteiger partial charge is 0.434 e. The normalized spacial score (nSPS) is 11.6. The van der Waals surface area contributed by atoms with Crippen molar-refractivity contribution in [3.8, 4) is 11.4 Å². The van der Waals surface area contributed by atoms with E-state index in [-0.39, 0.29) is 22.6 Å². The summed E-state index contributed by atoms with van der Waals surface area (Å²) in [6, 6.07) is 13.7. The summed E-state index contributed by atoms with van der Waals surface area (Å²) in [6.07, 6.45) is 3.85. The minimum absolute atomic E-state index is 0.0191. The molecule has 0 saturated heterocycles. The van der Waals surface area contributed by atoms with E-state index in [0.29, 0.717) is 17.7 Å². The van der Waals surface area contributed by atoms with Gasteiger partial charge in [-0.05, 0) is 41.8 Å². The number of benzene rings is 2. The van der Waals surface area contributed by atoms with Crippen molar-refractivity contribution in [2.75, 3.05) is 0 Å². The molecule has 2 aromatic carbocycles. The monoisotopic (exact) mass is 411 g/mol. The highest BCUT2D eigenvalue weighted by atomic mass is 19.3. The quantitative estimate of drug-likeness (QED) is 0.398. The molecule has 0 atom stereocenters.